The van der Waals surface area contributed by atoms with E-state index in [1.54, 1.807) is 0 Å². The zero-order chi connectivity index (χ0) is 14.9. The highest BCUT2D eigenvalue weighted by Crippen LogP contribution is 2.33. The fourth-order valence-corrected chi connectivity index (χ4v) is 1.92. The Morgan fingerprint density at radius 1 is 1.35 bits per heavy atom. The van der Waals surface area contributed by atoms with Crippen molar-refractivity contribution < 1.29 is 32.9 Å². The smallest absolute Gasteiger partial charge is 0.335 e. The summed E-state index contributed by atoms with van der Waals surface area (Å²) in [6.07, 6.45) is -6.86. The van der Waals surface area contributed by atoms with Crippen LogP contribution in [0.15, 0.2) is 23.8 Å². The Kier molecular flexibility index (Phi) is 3.99. The number of aliphatic hydroxyl groups excluding tert-OH is 1. The SMILES string of the molecule is O=C(O)C1=Cc2cc(CO)ccc2OC1C(F)C(F)F. The number of alkyl halides is 3. The number of hydrogen-bond acceptors (Lipinski definition) is 3. The first-order chi connectivity index (χ1) is 9.43. The number of rotatable bonds is 4. The average molecular weight is 288 g/mol. The topological polar surface area (TPSA) is 66.8 Å². The van der Waals surface area contributed by atoms with Crippen LogP contribution in [-0.4, -0.2) is 34.9 Å². The van der Waals surface area contributed by atoms with Crippen LogP contribution in [-0.2, 0) is 11.4 Å². The molecule has 1 aromatic carbocycles. The summed E-state index contributed by atoms with van der Waals surface area (Å²) < 4.78 is 43.4. The van der Waals surface area contributed by atoms with E-state index in [0.717, 1.165) is 6.08 Å². The van der Waals surface area contributed by atoms with E-state index in [1.165, 1.54) is 18.2 Å². The lowest BCUT2D eigenvalue weighted by molar-refractivity contribution is -0.134. The van der Waals surface area contributed by atoms with Gasteiger partial charge < -0.3 is 14.9 Å². The Bertz CT molecular complexity index is 557. The van der Waals surface area contributed by atoms with Crippen LogP contribution in [0.3, 0.4) is 0 Å². The molecular weight excluding hydrogens is 277 g/mol. The van der Waals surface area contributed by atoms with Crippen molar-refractivity contribution in [3.63, 3.8) is 0 Å². The zero-order valence-electron chi connectivity index (χ0n) is 10.1. The van der Waals surface area contributed by atoms with Crippen molar-refractivity contribution in [1.82, 2.24) is 0 Å². The molecule has 0 spiro atoms. The highest BCUT2D eigenvalue weighted by atomic mass is 19.3. The second-order valence-corrected chi connectivity index (χ2v) is 4.25. The summed E-state index contributed by atoms with van der Waals surface area (Å²) in [5, 5.41) is 18.0. The maximum Gasteiger partial charge on any atom is 0.335 e. The predicted molar refractivity (Wildman–Crippen MR) is 63.3 cm³/mol. The Morgan fingerprint density at radius 2 is 2.05 bits per heavy atom. The fraction of sp³-hybridized carbons (Fsp3) is 0.308. The Labute approximate surface area is 112 Å². The van der Waals surface area contributed by atoms with E-state index in [2.05, 4.69) is 0 Å². The van der Waals surface area contributed by atoms with Crippen molar-refractivity contribution in [3.05, 3.63) is 34.9 Å². The summed E-state index contributed by atoms with van der Waals surface area (Å²) in [6, 6.07) is 4.30. The second kappa shape index (κ2) is 5.54. The lowest BCUT2D eigenvalue weighted by atomic mass is 9.97. The van der Waals surface area contributed by atoms with Crippen molar-refractivity contribution >= 4 is 12.0 Å². The molecule has 2 N–H and O–H groups in total. The van der Waals surface area contributed by atoms with Gasteiger partial charge in [-0.25, -0.2) is 18.0 Å². The average Bonchev–Trinajstić information content (AvgIpc) is 2.44. The van der Waals surface area contributed by atoms with Gasteiger partial charge in [0.15, 0.2) is 6.10 Å². The van der Waals surface area contributed by atoms with Gasteiger partial charge in [0, 0.05) is 5.56 Å². The molecule has 0 saturated heterocycles. The minimum Gasteiger partial charge on any atom is -0.482 e. The first-order valence-corrected chi connectivity index (χ1v) is 5.71. The minimum absolute atomic E-state index is 0.0977. The van der Waals surface area contributed by atoms with E-state index in [4.69, 9.17) is 14.9 Å². The van der Waals surface area contributed by atoms with Crippen molar-refractivity contribution in [1.29, 1.82) is 0 Å². The molecule has 1 heterocycles. The number of carbonyl (C=O) groups is 1. The molecule has 4 nitrogen and oxygen atoms in total. The molecule has 7 heteroatoms. The van der Waals surface area contributed by atoms with E-state index in [1.807, 2.05) is 0 Å². The Morgan fingerprint density at radius 3 is 2.60 bits per heavy atom. The predicted octanol–water partition coefficient (Wildman–Crippen LogP) is 2.01. The van der Waals surface area contributed by atoms with Crippen LogP contribution in [0.4, 0.5) is 13.2 Å². The van der Waals surface area contributed by atoms with Crippen LogP contribution in [0.5, 0.6) is 5.75 Å². The van der Waals surface area contributed by atoms with E-state index >= 15 is 0 Å². The quantitative estimate of drug-likeness (QED) is 0.889. The second-order valence-electron chi connectivity index (χ2n) is 4.25. The molecule has 2 rings (SSSR count). The van der Waals surface area contributed by atoms with Crippen molar-refractivity contribution in [2.75, 3.05) is 0 Å². The summed E-state index contributed by atoms with van der Waals surface area (Å²) in [4.78, 5) is 11.0. The molecular formula is C13H11F3O4. The summed E-state index contributed by atoms with van der Waals surface area (Å²) in [6.45, 7) is -0.268. The molecule has 2 atom stereocenters. The van der Waals surface area contributed by atoms with Gasteiger partial charge in [-0.3, -0.25) is 0 Å². The van der Waals surface area contributed by atoms with Gasteiger partial charge in [-0.2, -0.15) is 0 Å². The normalized spacial score (nSPS) is 19.1. The Hall–Kier alpha value is -2.02. The number of carboxylic acids is 1. The maximum absolute atomic E-state index is 13.4. The van der Waals surface area contributed by atoms with Crippen LogP contribution < -0.4 is 4.74 Å². The number of benzene rings is 1. The monoisotopic (exact) mass is 288 g/mol. The van der Waals surface area contributed by atoms with Crippen molar-refractivity contribution in [3.8, 4) is 5.75 Å². The third-order valence-electron chi connectivity index (χ3n) is 2.91. The molecule has 0 saturated carbocycles. The largest absolute Gasteiger partial charge is 0.482 e. The molecule has 0 amide bonds. The number of halogens is 3. The van der Waals surface area contributed by atoms with E-state index in [-0.39, 0.29) is 12.4 Å². The summed E-state index contributed by atoms with van der Waals surface area (Å²) in [7, 11) is 0. The molecule has 1 aliphatic rings. The molecule has 0 bridgehead atoms. The number of ether oxygens (including phenoxy) is 1. The fourth-order valence-electron chi connectivity index (χ4n) is 1.92. The number of hydrogen-bond donors (Lipinski definition) is 2. The summed E-state index contributed by atoms with van der Waals surface area (Å²) >= 11 is 0. The molecule has 1 aromatic rings. The highest BCUT2D eigenvalue weighted by Gasteiger charge is 2.39. The maximum atomic E-state index is 13.4. The highest BCUT2D eigenvalue weighted by molar-refractivity contribution is 5.95. The molecule has 0 aromatic heterocycles. The molecule has 20 heavy (non-hydrogen) atoms. The van der Waals surface area contributed by atoms with Gasteiger partial charge in [-0.05, 0) is 23.8 Å². The Balaban J connectivity index is 2.44. The summed E-state index contributed by atoms with van der Waals surface area (Å²) in [5.41, 5.74) is 0.213. The lowest BCUT2D eigenvalue weighted by Gasteiger charge is -2.27. The van der Waals surface area contributed by atoms with Gasteiger partial charge in [0.05, 0.1) is 12.2 Å². The molecule has 108 valence electrons. The summed E-state index contributed by atoms with van der Waals surface area (Å²) in [5.74, 6) is -1.43. The van der Waals surface area contributed by atoms with Gasteiger partial charge in [0.1, 0.15) is 5.75 Å². The van der Waals surface area contributed by atoms with Crippen LogP contribution in [0.2, 0.25) is 0 Å². The van der Waals surface area contributed by atoms with E-state index < -0.39 is 30.2 Å². The third kappa shape index (κ3) is 2.62. The van der Waals surface area contributed by atoms with Crippen molar-refractivity contribution in [2.45, 2.75) is 25.3 Å². The van der Waals surface area contributed by atoms with Gasteiger partial charge in [0.25, 0.3) is 6.43 Å². The number of aliphatic hydroxyl groups is 1. The first-order valence-electron chi connectivity index (χ1n) is 5.71. The molecule has 2 unspecified atom stereocenters. The molecule has 0 fully saturated rings. The van der Waals surface area contributed by atoms with E-state index in [0.29, 0.717) is 11.1 Å². The van der Waals surface area contributed by atoms with E-state index in [9.17, 15) is 18.0 Å². The molecule has 1 aliphatic heterocycles. The van der Waals surface area contributed by atoms with Crippen LogP contribution in [0, 0.1) is 0 Å². The first kappa shape index (κ1) is 14.4. The number of aliphatic carboxylic acids is 1. The van der Waals surface area contributed by atoms with Crippen molar-refractivity contribution in [2.24, 2.45) is 0 Å². The van der Waals surface area contributed by atoms with Gasteiger partial charge in [0.2, 0.25) is 6.17 Å². The molecule has 0 aliphatic carbocycles. The number of carboxylic acid groups (broad SMARTS) is 1. The third-order valence-corrected chi connectivity index (χ3v) is 2.91. The standard InChI is InChI=1S/C13H11F3O4/c14-10(12(15)16)11-8(13(18)19)4-7-3-6(5-17)1-2-9(7)20-11/h1-4,10-12,17H,5H2,(H,18,19). The van der Waals surface area contributed by atoms with Crippen LogP contribution in [0.1, 0.15) is 11.1 Å². The zero-order valence-corrected chi connectivity index (χ0v) is 10.1. The van der Waals surface area contributed by atoms with Gasteiger partial charge >= 0.3 is 5.97 Å². The molecule has 0 radical (unpaired) electrons. The van der Waals surface area contributed by atoms with Gasteiger partial charge in [-0.1, -0.05) is 6.07 Å². The minimum atomic E-state index is -3.35. The lowest BCUT2D eigenvalue weighted by Crippen LogP contribution is -2.39. The van der Waals surface area contributed by atoms with Crippen LogP contribution in [0.25, 0.3) is 6.08 Å². The van der Waals surface area contributed by atoms with Crippen LogP contribution >= 0.6 is 0 Å². The number of fused-ring (bicyclic) bond motifs is 1. The van der Waals surface area contributed by atoms with Gasteiger partial charge in [-0.15, -0.1) is 0 Å².